The highest BCUT2D eigenvalue weighted by atomic mass is 16.6. The summed E-state index contributed by atoms with van der Waals surface area (Å²) in [5.41, 5.74) is 0.310. The summed E-state index contributed by atoms with van der Waals surface area (Å²) >= 11 is 0. The minimum absolute atomic E-state index is 0.139. The summed E-state index contributed by atoms with van der Waals surface area (Å²) in [6.45, 7) is 1.88. The zero-order valence-corrected chi connectivity index (χ0v) is 13.1. The second kappa shape index (κ2) is 7.14. The highest BCUT2D eigenvalue weighted by Crippen LogP contribution is 2.34. The van der Waals surface area contributed by atoms with Gasteiger partial charge in [0.25, 0.3) is 5.91 Å². The molecular weight excluding hydrogens is 326 g/mol. The van der Waals surface area contributed by atoms with Gasteiger partial charge in [0.15, 0.2) is 5.75 Å². The van der Waals surface area contributed by atoms with Gasteiger partial charge in [-0.25, -0.2) is 0 Å². The van der Waals surface area contributed by atoms with Crippen LogP contribution in [0.2, 0.25) is 0 Å². The Kier molecular flexibility index (Phi) is 5.00. The van der Waals surface area contributed by atoms with Crippen molar-refractivity contribution in [1.29, 1.82) is 5.26 Å². The average molecular weight is 339 g/mol. The molecule has 0 aromatic heterocycles. The van der Waals surface area contributed by atoms with Crippen LogP contribution in [0.4, 0.5) is 11.4 Å². The maximum absolute atomic E-state index is 12.2. The van der Waals surface area contributed by atoms with Crippen LogP contribution in [-0.2, 0) is 4.79 Å². The van der Waals surface area contributed by atoms with Gasteiger partial charge >= 0.3 is 5.69 Å². The molecule has 0 atom stereocenters. The number of phenolic OH excluding ortho intramolecular Hbond substituents is 2. The topological polar surface area (TPSA) is 136 Å². The molecule has 0 fully saturated rings. The average Bonchev–Trinajstić information content (AvgIpc) is 2.55. The number of benzene rings is 2. The van der Waals surface area contributed by atoms with E-state index in [1.807, 2.05) is 6.92 Å². The molecule has 0 heterocycles. The monoisotopic (exact) mass is 339 g/mol. The number of amides is 1. The van der Waals surface area contributed by atoms with Crippen LogP contribution in [0, 0.1) is 28.4 Å². The number of nitrogens with zero attached hydrogens (tertiary/aromatic N) is 2. The van der Waals surface area contributed by atoms with Gasteiger partial charge in [0.1, 0.15) is 17.4 Å². The fourth-order valence-electron chi connectivity index (χ4n) is 1.98. The van der Waals surface area contributed by atoms with E-state index in [1.54, 1.807) is 30.3 Å². The van der Waals surface area contributed by atoms with Crippen molar-refractivity contribution in [3.8, 4) is 17.6 Å². The Labute approximate surface area is 142 Å². The minimum atomic E-state index is -0.843. The Morgan fingerprint density at radius 2 is 1.88 bits per heavy atom. The molecule has 3 N–H and O–H groups in total. The Bertz CT molecular complexity index is 911. The Morgan fingerprint density at radius 3 is 2.44 bits per heavy atom. The lowest BCUT2D eigenvalue weighted by molar-refractivity contribution is -0.385. The van der Waals surface area contributed by atoms with Crippen LogP contribution in [0.25, 0.3) is 6.08 Å². The Balaban J connectivity index is 2.35. The van der Waals surface area contributed by atoms with Crippen molar-refractivity contribution in [2.45, 2.75) is 6.92 Å². The number of aromatic hydroxyl groups is 2. The van der Waals surface area contributed by atoms with Crippen molar-refractivity contribution < 1.29 is 19.9 Å². The molecule has 0 bridgehead atoms. The zero-order valence-electron chi connectivity index (χ0n) is 13.1. The van der Waals surface area contributed by atoms with E-state index in [9.17, 15) is 25.1 Å². The van der Waals surface area contributed by atoms with Gasteiger partial charge in [-0.05, 0) is 25.1 Å². The number of hydrogen-bond acceptors (Lipinski definition) is 6. The molecule has 0 unspecified atom stereocenters. The molecule has 0 aliphatic rings. The molecule has 0 radical (unpaired) electrons. The van der Waals surface area contributed by atoms with E-state index in [0.29, 0.717) is 5.69 Å². The predicted molar refractivity (Wildman–Crippen MR) is 89.8 cm³/mol. The number of anilines is 1. The van der Waals surface area contributed by atoms with Crippen molar-refractivity contribution in [2.24, 2.45) is 0 Å². The summed E-state index contributed by atoms with van der Waals surface area (Å²) in [7, 11) is 0. The van der Waals surface area contributed by atoms with Gasteiger partial charge in [-0.15, -0.1) is 0 Å². The van der Waals surface area contributed by atoms with Gasteiger partial charge in [0, 0.05) is 23.4 Å². The van der Waals surface area contributed by atoms with E-state index in [-0.39, 0.29) is 11.1 Å². The fraction of sp³-hybridized carbons (Fsp3) is 0.0588. The number of nitro groups is 1. The van der Waals surface area contributed by atoms with E-state index in [2.05, 4.69) is 5.32 Å². The lowest BCUT2D eigenvalue weighted by Crippen LogP contribution is -2.13. The first-order chi connectivity index (χ1) is 11.8. The number of aryl methyl sites for hydroxylation is 1. The number of carbonyl (C=O) groups is 1. The predicted octanol–water partition coefficient (Wildman–Crippen LogP) is 2.86. The molecule has 1 amide bonds. The molecule has 0 aliphatic heterocycles. The minimum Gasteiger partial charge on any atom is -0.507 e. The molecule has 8 heteroatoms. The lowest BCUT2D eigenvalue weighted by Gasteiger charge is -2.06. The summed E-state index contributed by atoms with van der Waals surface area (Å²) in [6.07, 6.45) is 1.01. The van der Waals surface area contributed by atoms with E-state index >= 15 is 0 Å². The zero-order chi connectivity index (χ0) is 18.6. The van der Waals surface area contributed by atoms with Crippen molar-refractivity contribution >= 4 is 23.4 Å². The smallest absolute Gasteiger partial charge is 0.311 e. The second-order valence-electron chi connectivity index (χ2n) is 5.15. The van der Waals surface area contributed by atoms with E-state index < -0.39 is 28.0 Å². The normalized spacial score (nSPS) is 10.8. The van der Waals surface area contributed by atoms with Crippen molar-refractivity contribution in [1.82, 2.24) is 0 Å². The van der Waals surface area contributed by atoms with Gasteiger partial charge in [0.2, 0.25) is 0 Å². The van der Waals surface area contributed by atoms with Gasteiger partial charge in [-0.2, -0.15) is 5.26 Å². The summed E-state index contributed by atoms with van der Waals surface area (Å²) < 4.78 is 0. The number of carbonyl (C=O) groups excluding carboxylic acids is 1. The van der Waals surface area contributed by atoms with Gasteiger partial charge < -0.3 is 15.5 Å². The third-order valence-corrected chi connectivity index (χ3v) is 3.29. The molecule has 25 heavy (non-hydrogen) atoms. The molecule has 2 aromatic carbocycles. The third kappa shape index (κ3) is 4.11. The standard InChI is InChI=1S/C17H13N3O5/c1-10-2-4-13(5-3-10)19-17(23)12(9-18)6-11-7-14(20(24)25)16(22)8-15(11)21/h2-8,21-22H,1H3,(H,19,23)/b12-6-. The quantitative estimate of drug-likeness (QED) is 0.339. The Morgan fingerprint density at radius 1 is 1.24 bits per heavy atom. The van der Waals surface area contributed by atoms with Gasteiger partial charge in [-0.3, -0.25) is 14.9 Å². The van der Waals surface area contributed by atoms with Crippen LogP contribution in [0.1, 0.15) is 11.1 Å². The first kappa shape index (κ1) is 17.5. The first-order valence-electron chi connectivity index (χ1n) is 7.02. The number of nitrogens with one attached hydrogen (secondary N) is 1. The molecule has 0 spiro atoms. The van der Waals surface area contributed by atoms with Crippen LogP contribution >= 0.6 is 0 Å². The number of rotatable bonds is 4. The molecule has 126 valence electrons. The number of phenols is 2. The summed E-state index contributed by atoms with van der Waals surface area (Å²) in [6, 6.07) is 10.2. The third-order valence-electron chi connectivity index (χ3n) is 3.29. The van der Waals surface area contributed by atoms with Crippen molar-refractivity contribution in [3.63, 3.8) is 0 Å². The maximum atomic E-state index is 12.2. The fourth-order valence-corrected chi connectivity index (χ4v) is 1.98. The summed E-state index contributed by atoms with van der Waals surface area (Å²) in [5, 5.41) is 41.7. The van der Waals surface area contributed by atoms with Crippen LogP contribution in [0.5, 0.6) is 11.5 Å². The molecule has 0 saturated heterocycles. The van der Waals surface area contributed by atoms with Crippen LogP contribution in [0.15, 0.2) is 42.0 Å². The largest absolute Gasteiger partial charge is 0.507 e. The molecule has 0 saturated carbocycles. The maximum Gasteiger partial charge on any atom is 0.311 e. The number of nitriles is 1. The molecule has 8 nitrogen and oxygen atoms in total. The summed E-state index contributed by atoms with van der Waals surface area (Å²) in [4.78, 5) is 22.2. The van der Waals surface area contributed by atoms with Crippen LogP contribution in [0.3, 0.4) is 0 Å². The number of nitro benzene ring substituents is 1. The van der Waals surface area contributed by atoms with E-state index in [1.165, 1.54) is 0 Å². The molecule has 2 rings (SSSR count). The molecule has 0 aliphatic carbocycles. The SMILES string of the molecule is Cc1ccc(NC(=O)/C(C#N)=C\c2cc([N+](=O)[O-])c(O)cc2O)cc1. The number of hydrogen-bond donors (Lipinski definition) is 3. The first-order valence-corrected chi connectivity index (χ1v) is 7.02. The van der Waals surface area contributed by atoms with Crippen molar-refractivity contribution in [3.05, 3.63) is 63.2 Å². The molecule has 2 aromatic rings. The van der Waals surface area contributed by atoms with Crippen molar-refractivity contribution in [2.75, 3.05) is 5.32 Å². The lowest BCUT2D eigenvalue weighted by atomic mass is 10.1. The highest BCUT2D eigenvalue weighted by Gasteiger charge is 2.18. The van der Waals surface area contributed by atoms with Gasteiger partial charge in [0.05, 0.1) is 4.92 Å². The highest BCUT2D eigenvalue weighted by molar-refractivity contribution is 6.09. The van der Waals surface area contributed by atoms with E-state index in [4.69, 9.17) is 5.26 Å². The van der Waals surface area contributed by atoms with E-state index in [0.717, 1.165) is 23.8 Å². The Hall–Kier alpha value is -3.86. The summed E-state index contributed by atoms with van der Waals surface area (Å²) in [5.74, 6) is -1.96. The second-order valence-corrected chi connectivity index (χ2v) is 5.15. The molecular formula is C17H13N3O5. The van der Waals surface area contributed by atoms with Crippen LogP contribution < -0.4 is 5.32 Å². The van der Waals surface area contributed by atoms with Crippen LogP contribution in [-0.4, -0.2) is 21.0 Å². The van der Waals surface area contributed by atoms with Gasteiger partial charge in [-0.1, -0.05) is 17.7 Å².